The van der Waals surface area contributed by atoms with Crippen LogP contribution < -0.4 is 5.32 Å². The maximum Gasteiger partial charge on any atom is 0.252 e. The van der Waals surface area contributed by atoms with Gasteiger partial charge in [0.05, 0.1) is 17.0 Å². The molecule has 0 bridgehead atoms. The molecule has 0 radical (unpaired) electrons. The fourth-order valence-electron chi connectivity index (χ4n) is 1.51. The van der Waals surface area contributed by atoms with Crippen LogP contribution in [0.25, 0.3) is 0 Å². The molecular formula is C15H21NO2S2. The third-order valence-corrected chi connectivity index (χ3v) is 4.37. The first-order valence-electron chi connectivity index (χ1n) is 6.74. The molecule has 1 aromatic heterocycles. The van der Waals surface area contributed by atoms with Gasteiger partial charge in [-0.1, -0.05) is 18.8 Å². The third-order valence-electron chi connectivity index (χ3n) is 2.59. The summed E-state index contributed by atoms with van der Waals surface area (Å²) in [5.41, 5.74) is 0.665. The number of hydrogen-bond acceptors (Lipinski definition) is 4. The average molecular weight is 311 g/mol. The van der Waals surface area contributed by atoms with Gasteiger partial charge in [0.25, 0.3) is 5.91 Å². The smallest absolute Gasteiger partial charge is 0.252 e. The van der Waals surface area contributed by atoms with Crippen molar-refractivity contribution in [1.82, 2.24) is 5.32 Å². The van der Waals surface area contributed by atoms with Gasteiger partial charge in [0.2, 0.25) is 0 Å². The van der Waals surface area contributed by atoms with E-state index < -0.39 is 0 Å². The highest BCUT2D eigenvalue weighted by atomic mass is 32.2. The van der Waals surface area contributed by atoms with E-state index in [1.807, 2.05) is 24.1 Å². The Bertz CT molecular complexity index is 474. The molecule has 0 aromatic carbocycles. The summed E-state index contributed by atoms with van der Waals surface area (Å²) >= 11 is 3.34. The Morgan fingerprint density at radius 1 is 1.60 bits per heavy atom. The van der Waals surface area contributed by atoms with Gasteiger partial charge < -0.3 is 10.4 Å². The maximum atomic E-state index is 12.0. The van der Waals surface area contributed by atoms with E-state index in [9.17, 15) is 4.79 Å². The highest BCUT2D eigenvalue weighted by Crippen LogP contribution is 2.14. The Labute approximate surface area is 129 Å². The predicted octanol–water partition coefficient (Wildman–Crippen LogP) is 2.74. The van der Waals surface area contributed by atoms with Gasteiger partial charge in [0.1, 0.15) is 0 Å². The number of hydrogen-bond donors (Lipinski definition) is 2. The molecule has 0 aliphatic heterocycles. The van der Waals surface area contributed by atoms with Crippen molar-refractivity contribution in [1.29, 1.82) is 0 Å². The van der Waals surface area contributed by atoms with Crippen LogP contribution >= 0.6 is 23.1 Å². The lowest BCUT2D eigenvalue weighted by Crippen LogP contribution is -2.32. The lowest BCUT2D eigenvalue weighted by atomic mass is 10.2. The standard InChI is InChI=1S/C15H21NO2S2/c1-3-19-9-7-12(2)16-15(18)13-10-14(20-11-13)6-4-5-8-17/h10-12,17H,3,5,7-9H2,1-2H3,(H,16,18). The molecule has 20 heavy (non-hydrogen) atoms. The van der Waals surface area contributed by atoms with E-state index in [0.717, 1.165) is 22.8 Å². The molecule has 0 saturated carbocycles. The zero-order valence-corrected chi connectivity index (χ0v) is 13.6. The minimum atomic E-state index is -0.0366. The van der Waals surface area contributed by atoms with Crippen LogP contribution in [-0.2, 0) is 0 Å². The van der Waals surface area contributed by atoms with Crippen molar-refractivity contribution in [3.05, 3.63) is 21.9 Å². The molecule has 110 valence electrons. The van der Waals surface area contributed by atoms with Crippen LogP contribution in [0.15, 0.2) is 11.4 Å². The Morgan fingerprint density at radius 3 is 3.10 bits per heavy atom. The van der Waals surface area contributed by atoms with Crippen LogP contribution in [0.3, 0.4) is 0 Å². The second-order valence-corrected chi connectivity index (χ2v) is 6.64. The Morgan fingerprint density at radius 2 is 2.40 bits per heavy atom. The van der Waals surface area contributed by atoms with Crippen molar-refractivity contribution >= 4 is 29.0 Å². The number of thioether (sulfide) groups is 1. The highest BCUT2D eigenvalue weighted by molar-refractivity contribution is 7.99. The molecule has 5 heteroatoms. The van der Waals surface area contributed by atoms with Crippen LogP contribution in [-0.4, -0.2) is 35.2 Å². The minimum Gasteiger partial charge on any atom is -0.395 e. The summed E-state index contributed by atoms with van der Waals surface area (Å²) in [7, 11) is 0. The maximum absolute atomic E-state index is 12.0. The van der Waals surface area contributed by atoms with E-state index in [1.165, 1.54) is 11.3 Å². The molecule has 0 saturated heterocycles. The molecule has 3 nitrogen and oxygen atoms in total. The fraction of sp³-hybridized carbons (Fsp3) is 0.533. The molecule has 0 aliphatic carbocycles. The van der Waals surface area contributed by atoms with E-state index in [-0.39, 0.29) is 18.6 Å². The van der Waals surface area contributed by atoms with E-state index in [4.69, 9.17) is 5.11 Å². The first-order chi connectivity index (χ1) is 9.67. The third kappa shape index (κ3) is 6.47. The highest BCUT2D eigenvalue weighted by Gasteiger charge is 2.11. The second kappa shape index (κ2) is 9.87. The summed E-state index contributed by atoms with van der Waals surface area (Å²) in [6.45, 7) is 4.24. The van der Waals surface area contributed by atoms with Gasteiger partial charge in [-0.3, -0.25) is 4.79 Å². The first-order valence-corrected chi connectivity index (χ1v) is 8.77. The molecule has 1 heterocycles. The van der Waals surface area contributed by atoms with Crippen LogP contribution in [0.1, 0.15) is 41.9 Å². The van der Waals surface area contributed by atoms with Gasteiger partial charge in [-0.05, 0) is 30.9 Å². The van der Waals surface area contributed by atoms with Crippen LogP contribution in [0.5, 0.6) is 0 Å². The van der Waals surface area contributed by atoms with Crippen molar-refractivity contribution in [2.45, 2.75) is 32.7 Å². The number of aliphatic hydroxyl groups excluding tert-OH is 1. The molecule has 2 N–H and O–H groups in total. The number of rotatable bonds is 7. The number of carbonyl (C=O) groups is 1. The second-order valence-electron chi connectivity index (χ2n) is 4.34. The van der Waals surface area contributed by atoms with E-state index in [0.29, 0.717) is 12.0 Å². The first kappa shape index (κ1) is 17.1. The van der Waals surface area contributed by atoms with E-state index in [1.54, 1.807) is 6.07 Å². The fourth-order valence-corrected chi connectivity index (χ4v) is 3.07. The van der Waals surface area contributed by atoms with Crippen molar-refractivity contribution in [2.75, 3.05) is 18.1 Å². The van der Waals surface area contributed by atoms with Gasteiger partial charge in [-0.15, -0.1) is 11.3 Å². The Kier molecular flexibility index (Phi) is 8.43. The summed E-state index contributed by atoms with van der Waals surface area (Å²) in [6, 6.07) is 1.99. The quantitative estimate of drug-likeness (QED) is 0.601. The molecule has 0 aliphatic rings. The molecule has 1 aromatic rings. The SMILES string of the molecule is CCSCCC(C)NC(=O)c1csc(C#CCCO)c1. The van der Waals surface area contributed by atoms with Crippen molar-refractivity contribution in [3.63, 3.8) is 0 Å². The number of carbonyl (C=O) groups excluding carboxylic acids is 1. The molecular weight excluding hydrogens is 290 g/mol. The van der Waals surface area contributed by atoms with Crippen molar-refractivity contribution < 1.29 is 9.90 Å². The van der Waals surface area contributed by atoms with Gasteiger partial charge in [-0.2, -0.15) is 11.8 Å². The predicted molar refractivity (Wildman–Crippen MR) is 87.4 cm³/mol. The summed E-state index contributed by atoms with van der Waals surface area (Å²) in [5.74, 6) is 7.94. The lowest BCUT2D eigenvalue weighted by molar-refractivity contribution is 0.0940. The van der Waals surface area contributed by atoms with Gasteiger partial charge in [-0.25, -0.2) is 0 Å². The normalized spacial score (nSPS) is 11.6. The summed E-state index contributed by atoms with van der Waals surface area (Å²) < 4.78 is 0. The van der Waals surface area contributed by atoms with Gasteiger partial charge >= 0.3 is 0 Å². The number of amides is 1. The molecule has 1 atom stereocenters. The van der Waals surface area contributed by atoms with Crippen molar-refractivity contribution in [3.8, 4) is 11.8 Å². The van der Waals surface area contributed by atoms with Gasteiger partial charge in [0.15, 0.2) is 0 Å². The van der Waals surface area contributed by atoms with Crippen LogP contribution in [0, 0.1) is 11.8 Å². The topological polar surface area (TPSA) is 49.3 Å². The van der Waals surface area contributed by atoms with E-state index in [2.05, 4.69) is 24.1 Å². The summed E-state index contributed by atoms with van der Waals surface area (Å²) in [6.07, 6.45) is 1.45. The monoisotopic (exact) mass is 311 g/mol. The molecule has 1 amide bonds. The van der Waals surface area contributed by atoms with Gasteiger partial charge in [0, 0.05) is 17.8 Å². The molecule has 1 unspecified atom stereocenters. The summed E-state index contributed by atoms with van der Waals surface area (Å²) in [4.78, 5) is 12.9. The lowest BCUT2D eigenvalue weighted by Gasteiger charge is -2.12. The number of aliphatic hydroxyl groups is 1. The Balaban J connectivity index is 2.46. The molecule has 0 fully saturated rings. The van der Waals surface area contributed by atoms with Crippen molar-refractivity contribution in [2.24, 2.45) is 0 Å². The molecule has 1 rings (SSSR count). The Hall–Kier alpha value is -0.960. The average Bonchev–Trinajstić information content (AvgIpc) is 2.88. The number of nitrogens with one attached hydrogen (secondary N) is 1. The minimum absolute atomic E-state index is 0.0366. The zero-order valence-electron chi connectivity index (χ0n) is 11.9. The number of thiophene rings is 1. The summed E-state index contributed by atoms with van der Waals surface area (Å²) in [5, 5.41) is 13.5. The van der Waals surface area contributed by atoms with Crippen LogP contribution in [0.2, 0.25) is 0 Å². The van der Waals surface area contributed by atoms with Crippen LogP contribution in [0.4, 0.5) is 0 Å². The largest absolute Gasteiger partial charge is 0.395 e. The van der Waals surface area contributed by atoms with E-state index >= 15 is 0 Å². The molecule has 0 spiro atoms. The zero-order chi connectivity index (χ0) is 14.8.